The van der Waals surface area contributed by atoms with Crippen LogP contribution in [0.1, 0.15) is 0 Å². The second kappa shape index (κ2) is 6.09. The second-order valence-electron chi connectivity index (χ2n) is 1.49. The molecule has 0 aliphatic carbocycles. The van der Waals surface area contributed by atoms with Gasteiger partial charge in [0, 0.05) is 10.7 Å². The predicted molar refractivity (Wildman–Crippen MR) is 39.0 cm³/mol. The van der Waals surface area contributed by atoms with Gasteiger partial charge in [0.15, 0.2) is 0 Å². The van der Waals surface area contributed by atoms with Crippen LogP contribution in [0.2, 0.25) is 0 Å². The lowest BCUT2D eigenvalue weighted by Gasteiger charge is -1.91. The van der Waals surface area contributed by atoms with Crippen LogP contribution in [0.25, 0.3) is 0 Å². The average Bonchev–Trinajstić information content (AvgIpc) is 1.82. The fraction of sp³-hybridized carbons (Fsp3) is 0.667. The number of alkyl halides is 2. The third-order valence-electron chi connectivity index (χ3n) is 0.340. The van der Waals surface area contributed by atoms with Gasteiger partial charge in [0.2, 0.25) is 9.05 Å². The van der Waals surface area contributed by atoms with Crippen molar-refractivity contribution in [2.45, 2.75) is 6.43 Å². The van der Waals surface area contributed by atoms with E-state index in [0.29, 0.717) is 0 Å². The molecule has 0 aliphatic rings. The van der Waals surface area contributed by atoms with Gasteiger partial charge in [0.25, 0.3) is 0 Å². The fourth-order valence-electron chi connectivity index (χ4n) is 0.0630. The number of nitrogens with one attached hydrogen (secondary N) is 1. The molecule has 0 saturated heterocycles. The summed E-state index contributed by atoms with van der Waals surface area (Å²) in [5.41, 5.74) is 1.28. The standard InChI is InChI=1S/C2H4F2N2O.CH3ClO2S/c3-1(4)2(7)6-5;1-5(2,3)4/h1H,5H2,(H,6,7);1H3. The van der Waals surface area contributed by atoms with Crippen molar-refractivity contribution in [2.75, 3.05) is 6.26 Å². The number of carbonyl (C=O) groups is 1. The molecule has 3 N–H and O–H groups in total. The molecule has 0 bridgehead atoms. The van der Waals surface area contributed by atoms with E-state index in [1.54, 1.807) is 0 Å². The lowest BCUT2D eigenvalue weighted by Crippen LogP contribution is -2.34. The van der Waals surface area contributed by atoms with E-state index in [0.717, 1.165) is 6.26 Å². The maximum Gasteiger partial charge on any atom is 0.316 e. The molecule has 1 amide bonds. The first-order valence-corrected chi connectivity index (χ1v) is 5.08. The quantitative estimate of drug-likeness (QED) is 0.270. The van der Waals surface area contributed by atoms with Crippen molar-refractivity contribution in [2.24, 2.45) is 5.84 Å². The Kier molecular flexibility index (Phi) is 7.15. The average molecular weight is 225 g/mol. The monoisotopic (exact) mass is 224 g/mol. The molecule has 0 rings (SSSR count). The van der Waals surface area contributed by atoms with Crippen molar-refractivity contribution < 1.29 is 22.0 Å². The lowest BCUT2D eigenvalue weighted by atomic mass is 10.7. The van der Waals surface area contributed by atoms with E-state index < -0.39 is 21.4 Å². The number of nitrogens with two attached hydrogens (primary N) is 1. The number of halogens is 3. The molecule has 0 aromatic heterocycles. The Balaban J connectivity index is 0. The summed E-state index contributed by atoms with van der Waals surface area (Å²) in [6, 6.07) is 0. The van der Waals surface area contributed by atoms with Gasteiger partial charge in [0.05, 0.1) is 6.26 Å². The summed E-state index contributed by atoms with van der Waals surface area (Å²) in [4.78, 5) is 9.53. The van der Waals surface area contributed by atoms with E-state index in [1.807, 2.05) is 0 Å². The van der Waals surface area contributed by atoms with Crippen LogP contribution >= 0.6 is 10.7 Å². The molecule has 0 spiro atoms. The summed E-state index contributed by atoms with van der Waals surface area (Å²) in [6.07, 6.45) is -2.08. The smallest absolute Gasteiger partial charge is 0.289 e. The van der Waals surface area contributed by atoms with Crippen molar-refractivity contribution in [3.63, 3.8) is 0 Å². The molecule has 0 aromatic rings. The number of hydrogen-bond donors (Lipinski definition) is 2. The van der Waals surface area contributed by atoms with Gasteiger partial charge in [-0.15, -0.1) is 0 Å². The van der Waals surface area contributed by atoms with Crippen LogP contribution < -0.4 is 11.3 Å². The fourth-order valence-corrected chi connectivity index (χ4v) is 0.0630. The molecule has 5 nitrogen and oxygen atoms in total. The summed E-state index contributed by atoms with van der Waals surface area (Å²) in [6.45, 7) is 0. The third kappa shape index (κ3) is 22.7. The first kappa shape index (κ1) is 14.1. The van der Waals surface area contributed by atoms with E-state index in [9.17, 15) is 22.0 Å². The van der Waals surface area contributed by atoms with Crippen LogP contribution in [0, 0.1) is 0 Å². The molecular weight excluding hydrogens is 218 g/mol. The van der Waals surface area contributed by atoms with Gasteiger partial charge in [-0.25, -0.2) is 14.3 Å². The van der Waals surface area contributed by atoms with E-state index in [2.05, 4.69) is 16.5 Å². The third-order valence-corrected chi connectivity index (χ3v) is 0.340. The van der Waals surface area contributed by atoms with E-state index in [1.165, 1.54) is 5.43 Å². The maximum atomic E-state index is 10.9. The van der Waals surface area contributed by atoms with Crippen molar-refractivity contribution in [1.82, 2.24) is 5.43 Å². The van der Waals surface area contributed by atoms with Gasteiger partial charge in [0.1, 0.15) is 0 Å². The first-order valence-electron chi connectivity index (χ1n) is 2.36. The molecule has 0 saturated carbocycles. The maximum absolute atomic E-state index is 10.9. The SMILES string of the molecule is CS(=O)(=O)Cl.NNC(=O)C(F)F. The summed E-state index contributed by atoms with van der Waals surface area (Å²) in [7, 11) is 1.31. The summed E-state index contributed by atoms with van der Waals surface area (Å²) < 4.78 is 40.7. The summed E-state index contributed by atoms with van der Waals surface area (Å²) in [5, 5.41) is 0. The van der Waals surface area contributed by atoms with Crippen LogP contribution in [0.4, 0.5) is 8.78 Å². The minimum Gasteiger partial charge on any atom is -0.289 e. The molecule has 0 unspecified atom stereocenters. The van der Waals surface area contributed by atoms with Gasteiger partial charge in [-0.3, -0.25) is 10.2 Å². The predicted octanol–water partition coefficient (Wildman–Crippen LogP) is -0.574. The number of hydrazine groups is 1. The highest BCUT2D eigenvalue weighted by Crippen LogP contribution is 1.87. The topological polar surface area (TPSA) is 89.3 Å². The van der Waals surface area contributed by atoms with Crippen LogP contribution in [-0.2, 0) is 13.8 Å². The Morgan fingerprint density at radius 2 is 1.83 bits per heavy atom. The zero-order valence-electron chi connectivity index (χ0n) is 5.92. The van der Waals surface area contributed by atoms with Crippen molar-refractivity contribution >= 4 is 25.6 Å². The molecule has 74 valence electrons. The van der Waals surface area contributed by atoms with Gasteiger partial charge in [-0.1, -0.05) is 0 Å². The van der Waals surface area contributed by atoms with Gasteiger partial charge < -0.3 is 0 Å². The molecule has 0 radical (unpaired) electrons. The number of amides is 1. The molecule has 12 heavy (non-hydrogen) atoms. The zero-order valence-corrected chi connectivity index (χ0v) is 7.49. The summed E-state index contributed by atoms with van der Waals surface area (Å²) >= 11 is 0. The Labute approximate surface area is 72.3 Å². The molecule has 9 heteroatoms. The highest BCUT2D eigenvalue weighted by atomic mass is 35.7. The molecular formula is C3H7ClF2N2O3S. The van der Waals surface area contributed by atoms with Gasteiger partial charge in [-0.2, -0.15) is 8.78 Å². The minimum absolute atomic E-state index is 0.925. The highest BCUT2D eigenvalue weighted by Gasteiger charge is 2.11. The molecule has 0 aromatic carbocycles. The van der Waals surface area contributed by atoms with Gasteiger partial charge in [-0.05, 0) is 0 Å². The molecule has 0 atom stereocenters. The Morgan fingerprint density at radius 3 is 1.83 bits per heavy atom. The first-order chi connectivity index (χ1) is 5.18. The van der Waals surface area contributed by atoms with Crippen molar-refractivity contribution in [3.05, 3.63) is 0 Å². The minimum atomic E-state index is -3.19. The number of hydrogen-bond acceptors (Lipinski definition) is 4. The van der Waals surface area contributed by atoms with Crippen molar-refractivity contribution in [1.29, 1.82) is 0 Å². The summed E-state index contributed by atoms with van der Waals surface area (Å²) in [5.74, 6) is 2.84. The van der Waals surface area contributed by atoms with E-state index >= 15 is 0 Å². The van der Waals surface area contributed by atoms with Gasteiger partial charge >= 0.3 is 12.3 Å². The van der Waals surface area contributed by atoms with E-state index in [-0.39, 0.29) is 0 Å². The number of rotatable bonds is 1. The second-order valence-corrected chi connectivity index (χ2v) is 4.54. The normalized spacial score (nSPS) is 10.2. The Morgan fingerprint density at radius 1 is 1.58 bits per heavy atom. The van der Waals surface area contributed by atoms with Crippen LogP contribution in [0.5, 0.6) is 0 Å². The van der Waals surface area contributed by atoms with Crippen LogP contribution in [-0.4, -0.2) is 27.0 Å². The molecule has 0 fully saturated rings. The molecule has 0 heterocycles. The highest BCUT2D eigenvalue weighted by molar-refractivity contribution is 8.13. The Bertz CT molecular complexity index is 222. The van der Waals surface area contributed by atoms with Crippen LogP contribution in [0.3, 0.4) is 0 Å². The van der Waals surface area contributed by atoms with Crippen molar-refractivity contribution in [3.8, 4) is 0 Å². The Hall–Kier alpha value is -0.470. The zero-order chi connectivity index (χ0) is 10.4. The van der Waals surface area contributed by atoms with E-state index in [4.69, 9.17) is 0 Å². The van der Waals surface area contributed by atoms with Crippen LogP contribution in [0.15, 0.2) is 0 Å². The largest absolute Gasteiger partial charge is 0.316 e. The lowest BCUT2D eigenvalue weighted by molar-refractivity contribution is -0.131. The molecule has 0 aliphatic heterocycles. The number of carbonyl (C=O) groups excluding carboxylic acids is 1.